The Morgan fingerprint density at radius 2 is 2.36 bits per heavy atom. The van der Waals surface area contributed by atoms with Crippen molar-refractivity contribution in [3.8, 4) is 0 Å². The van der Waals surface area contributed by atoms with Gasteiger partial charge in [0.15, 0.2) is 5.15 Å². The average Bonchev–Trinajstić information content (AvgIpc) is 2.34. The molecule has 0 aliphatic heterocycles. The fourth-order valence-corrected chi connectivity index (χ4v) is 1.26. The van der Waals surface area contributed by atoms with Crippen molar-refractivity contribution < 1.29 is 4.57 Å². The molecular weight excluding hydrogens is 164 g/mol. The van der Waals surface area contributed by atoms with E-state index in [1.165, 1.54) is 6.33 Å². The molecule has 0 aromatic carbocycles. The summed E-state index contributed by atoms with van der Waals surface area (Å²) < 4.78 is 1.84. The minimum absolute atomic E-state index is 0.471. The van der Waals surface area contributed by atoms with Gasteiger partial charge in [-0.25, -0.2) is 14.5 Å². The van der Waals surface area contributed by atoms with Gasteiger partial charge >= 0.3 is 0 Å². The zero-order valence-corrected chi connectivity index (χ0v) is 6.63. The van der Waals surface area contributed by atoms with Crippen LogP contribution in [-0.4, -0.2) is 15.0 Å². The number of nitrogens with one attached hydrogen (secondary N) is 1. The standard InChI is InChI=1S/C6H5ClN4/c1-11-3-10-6-4(11)5(7)8-2-9-6/h2-3H,1H3/p+1. The number of imidazole rings is 1. The van der Waals surface area contributed by atoms with Gasteiger partial charge in [-0.3, -0.25) is 0 Å². The van der Waals surface area contributed by atoms with E-state index in [0.29, 0.717) is 5.15 Å². The van der Waals surface area contributed by atoms with Crippen LogP contribution in [0.4, 0.5) is 0 Å². The minimum Gasteiger partial charge on any atom is -0.229 e. The van der Waals surface area contributed by atoms with Crippen LogP contribution in [0.25, 0.3) is 11.2 Å². The molecule has 0 atom stereocenters. The molecular formula is C6H6ClN4+. The van der Waals surface area contributed by atoms with Crippen LogP contribution in [0.1, 0.15) is 0 Å². The van der Waals surface area contributed by atoms with Crippen molar-refractivity contribution in [3.63, 3.8) is 0 Å². The molecule has 4 nitrogen and oxygen atoms in total. The highest BCUT2D eigenvalue weighted by molar-refractivity contribution is 6.33. The van der Waals surface area contributed by atoms with E-state index in [4.69, 9.17) is 11.6 Å². The first-order chi connectivity index (χ1) is 5.29. The van der Waals surface area contributed by atoms with Gasteiger partial charge in [0.1, 0.15) is 6.33 Å². The molecule has 11 heavy (non-hydrogen) atoms. The lowest BCUT2D eigenvalue weighted by molar-refractivity contribution is -0.644. The summed E-state index contributed by atoms with van der Waals surface area (Å²) in [5.41, 5.74) is 1.58. The number of halogens is 1. The van der Waals surface area contributed by atoms with Crippen LogP contribution in [0.3, 0.4) is 0 Å². The number of aromatic amines is 1. The summed E-state index contributed by atoms with van der Waals surface area (Å²) >= 11 is 5.81. The zero-order chi connectivity index (χ0) is 7.84. The highest BCUT2D eigenvalue weighted by Crippen LogP contribution is 2.11. The van der Waals surface area contributed by atoms with Crippen LogP contribution < -0.4 is 4.57 Å². The SMILES string of the molecule is C[n+]1c[nH]c2ncnc(Cl)c21. The highest BCUT2D eigenvalue weighted by Gasteiger charge is 2.11. The second-order valence-corrected chi connectivity index (χ2v) is 2.60. The van der Waals surface area contributed by atoms with Crippen molar-refractivity contribution in [2.45, 2.75) is 0 Å². The topological polar surface area (TPSA) is 45.5 Å². The molecule has 0 bridgehead atoms. The molecule has 0 aliphatic rings. The Balaban J connectivity index is 2.96. The predicted molar refractivity (Wildman–Crippen MR) is 40.1 cm³/mol. The minimum atomic E-state index is 0.471. The summed E-state index contributed by atoms with van der Waals surface area (Å²) in [6.45, 7) is 0. The molecule has 0 saturated carbocycles. The summed E-state index contributed by atoms with van der Waals surface area (Å²) in [5.74, 6) is 0. The van der Waals surface area contributed by atoms with Crippen molar-refractivity contribution in [3.05, 3.63) is 17.8 Å². The zero-order valence-electron chi connectivity index (χ0n) is 5.87. The largest absolute Gasteiger partial charge is 0.271 e. The molecule has 5 heteroatoms. The molecule has 2 aromatic rings. The monoisotopic (exact) mass is 169 g/mol. The first-order valence-electron chi connectivity index (χ1n) is 3.12. The van der Waals surface area contributed by atoms with Crippen LogP contribution in [-0.2, 0) is 7.05 Å². The van der Waals surface area contributed by atoms with Crippen LogP contribution in [0.15, 0.2) is 12.7 Å². The fourth-order valence-electron chi connectivity index (χ4n) is 0.998. The number of nitrogens with zero attached hydrogens (tertiary/aromatic N) is 3. The van der Waals surface area contributed by atoms with Crippen molar-refractivity contribution >= 4 is 22.8 Å². The van der Waals surface area contributed by atoms with Gasteiger partial charge in [0.2, 0.25) is 11.8 Å². The Kier molecular flexibility index (Phi) is 1.29. The summed E-state index contributed by atoms with van der Waals surface area (Å²) in [6.07, 6.45) is 3.21. The number of hydrogen-bond acceptors (Lipinski definition) is 2. The number of aryl methyl sites for hydroxylation is 1. The van der Waals surface area contributed by atoms with E-state index < -0.39 is 0 Å². The molecule has 0 unspecified atom stereocenters. The predicted octanol–water partition coefficient (Wildman–Crippen LogP) is 0.436. The van der Waals surface area contributed by atoms with Gasteiger partial charge in [0, 0.05) is 0 Å². The Morgan fingerprint density at radius 3 is 3.09 bits per heavy atom. The van der Waals surface area contributed by atoms with E-state index >= 15 is 0 Å². The molecule has 2 rings (SSSR count). The van der Waals surface area contributed by atoms with Gasteiger partial charge in [0.25, 0.3) is 5.65 Å². The summed E-state index contributed by atoms with van der Waals surface area (Å²) in [4.78, 5) is 10.8. The van der Waals surface area contributed by atoms with Crippen molar-refractivity contribution in [1.82, 2.24) is 15.0 Å². The third kappa shape index (κ3) is 0.867. The maximum atomic E-state index is 5.81. The quantitative estimate of drug-likeness (QED) is 0.460. The number of hydrogen-bond donors (Lipinski definition) is 1. The lowest BCUT2D eigenvalue weighted by atomic mass is 10.5. The van der Waals surface area contributed by atoms with Crippen LogP contribution in [0, 0.1) is 0 Å². The average molecular weight is 170 g/mol. The first kappa shape index (κ1) is 6.54. The van der Waals surface area contributed by atoms with Crippen molar-refractivity contribution in [2.75, 3.05) is 0 Å². The third-order valence-electron chi connectivity index (χ3n) is 1.53. The maximum Gasteiger partial charge on any atom is 0.271 e. The Hall–Kier alpha value is -1.16. The van der Waals surface area contributed by atoms with E-state index in [9.17, 15) is 0 Å². The molecule has 2 aromatic heterocycles. The van der Waals surface area contributed by atoms with Crippen molar-refractivity contribution in [1.29, 1.82) is 0 Å². The summed E-state index contributed by atoms with van der Waals surface area (Å²) in [5, 5.41) is 0.471. The van der Waals surface area contributed by atoms with E-state index in [0.717, 1.165) is 11.2 Å². The Bertz CT molecular complexity index is 394. The maximum absolute atomic E-state index is 5.81. The van der Waals surface area contributed by atoms with Crippen LogP contribution in [0.5, 0.6) is 0 Å². The summed E-state index contributed by atoms with van der Waals surface area (Å²) in [6, 6.07) is 0. The molecule has 0 radical (unpaired) electrons. The lowest BCUT2D eigenvalue weighted by Gasteiger charge is -1.87. The number of fused-ring (bicyclic) bond motifs is 1. The van der Waals surface area contributed by atoms with Gasteiger partial charge in [-0.1, -0.05) is 11.6 Å². The molecule has 0 fully saturated rings. The van der Waals surface area contributed by atoms with Crippen molar-refractivity contribution in [2.24, 2.45) is 7.05 Å². The molecule has 0 amide bonds. The van der Waals surface area contributed by atoms with Gasteiger partial charge in [-0.05, 0) is 0 Å². The molecule has 0 spiro atoms. The van der Waals surface area contributed by atoms with Crippen LogP contribution >= 0.6 is 11.6 Å². The van der Waals surface area contributed by atoms with Crippen LogP contribution in [0.2, 0.25) is 5.15 Å². The molecule has 2 heterocycles. The molecule has 0 aliphatic carbocycles. The smallest absolute Gasteiger partial charge is 0.229 e. The normalized spacial score (nSPS) is 10.7. The Morgan fingerprint density at radius 1 is 1.55 bits per heavy atom. The fraction of sp³-hybridized carbons (Fsp3) is 0.167. The van der Waals surface area contributed by atoms with E-state index in [1.807, 2.05) is 11.6 Å². The third-order valence-corrected chi connectivity index (χ3v) is 1.80. The van der Waals surface area contributed by atoms with Gasteiger partial charge in [-0.15, -0.1) is 0 Å². The van der Waals surface area contributed by atoms with E-state index in [-0.39, 0.29) is 0 Å². The Labute approximate surface area is 67.9 Å². The summed E-state index contributed by atoms with van der Waals surface area (Å²) in [7, 11) is 1.88. The van der Waals surface area contributed by atoms with Gasteiger partial charge in [-0.2, -0.15) is 4.98 Å². The van der Waals surface area contributed by atoms with E-state index in [2.05, 4.69) is 15.0 Å². The highest BCUT2D eigenvalue weighted by atomic mass is 35.5. The number of H-pyrrole nitrogens is 1. The molecule has 0 saturated heterocycles. The number of rotatable bonds is 0. The molecule has 1 N–H and O–H groups in total. The van der Waals surface area contributed by atoms with E-state index in [1.54, 1.807) is 6.33 Å². The van der Waals surface area contributed by atoms with Gasteiger partial charge in [0.05, 0.1) is 7.05 Å². The van der Waals surface area contributed by atoms with Gasteiger partial charge < -0.3 is 0 Å². The number of aromatic nitrogens is 4. The first-order valence-corrected chi connectivity index (χ1v) is 3.50. The lowest BCUT2D eigenvalue weighted by Crippen LogP contribution is -2.25. The molecule has 56 valence electrons. The second kappa shape index (κ2) is 2.17. The second-order valence-electron chi connectivity index (χ2n) is 2.25.